The van der Waals surface area contributed by atoms with Crippen LogP contribution in [-0.2, 0) is 9.59 Å². The maximum Gasteiger partial charge on any atom is 0.258 e. The molecule has 2 aliphatic rings. The van der Waals surface area contributed by atoms with Crippen molar-refractivity contribution in [2.45, 2.75) is 25.8 Å². The van der Waals surface area contributed by atoms with Gasteiger partial charge in [0, 0.05) is 24.3 Å². The summed E-state index contributed by atoms with van der Waals surface area (Å²) in [6.07, 6.45) is 0. The van der Waals surface area contributed by atoms with Crippen molar-refractivity contribution in [2.24, 2.45) is 5.92 Å². The number of carbonyl (C=O) groups is 3. The molecule has 0 radical (unpaired) electrons. The summed E-state index contributed by atoms with van der Waals surface area (Å²) in [6.45, 7) is 3.80. The molecule has 3 atom stereocenters. The number of hydrogen-bond donors (Lipinski definition) is 0. The van der Waals surface area contributed by atoms with Crippen molar-refractivity contribution in [3.63, 3.8) is 0 Å². The summed E-state index contributed by atoms with van der Waals surface area (Å²) in [5.74, 6) is -1.63. The van der Waals surface area contributed by atoms with Crippen molar-refractivity contribution in [3.05, 3.63) is 65.2 Å². The Bertz CT molecular complexity index is 922. The van der Waals surface area contributed by atoms with Crippen LogP contribution in [0.5, 0.6) is 0 Å². The van der Waals surface area contributed by atoms with Gasteiger partial charge in [-0.05, 0) is 37.6 Å². The van der Waals surface area contributed by atoms with E-state index in [0.717, 1.165) is 16.8 Å². The largest absolute Gasteiger partial charge is 0.304 e. The predicted octanol–water partition coefficient (Wildman–Crippen LogP) is 2.74. The van der Waals surface area contributed by atoms with Crippen molar-refractivity contribution >= 4 is 23.4 Å². The molecule has 0 aliphatic carbocycles. The van der Waals surface area contributed by atoms with Crippen LogP contribution in [0.1, 0.15) is 34.3 Å². The van der Waals surface area contributed by atoms with E-state index in [9.17, 15) is 14.4 Å². The number of anilines is 1. The highest BCUT2D eigenvalue weighted by Gasteiger charge is 2.55. The fraction of sp³-hybridized carbons (Fsp3) is 0.286. The van der Waals surface area contributed by atoms with E-state index in [4.69, 9.17) is 0 Å². The van der Waals surface area contributed by atoms with E-state index < -0.39 is 17.9 Å². The second-order valence-electron chi connectivity index (χ2n) is 7.08. The second-order valence-corrected chi connectivity index (χ2v) is 7.08. The lowest BCUT2D eigenvalue weighted by atomic mass is 9.77. The highest BCUT2D eigenvalue weighted by Crippen LogP contribution is 2.47. The van der Waals surface area contributed by atoms with Gasteiger partial charge in [0.25, 0.3) is 5.91 Å². The Labute approximate surface area is 152 Å². The Morgan fingerprint density at radius 1 is 1.00 bits per heavy atom. The number of carbonyl (C=O) groups excluding carboxylic acids is 3. The smallest absolute Gasteiger partial charge is 0.258 e. The highest BCUT2D eigenvalue weighted by atomic mass is 16.2. The van der Waals surface area contributed by atoms with Gasteiger partial charge >= 0.3 is 0 Å². The van der Waals surface area contributed by atoms with Crippen LogP contribution in [0.25, 0.3) is 0 Å². The molecular weight excluding hydrogens is 328 g/mol. The van der Waals surface area contributed by atoms with Gasteiger partial charge < -0.3 is 4.90 Å². The third-order valence-corrected chi connectivity index (χ3v) is 5.52. The Morgan fingerprint density at radius 2 is 1.69 bits per heavy atom. The number of amides is 3. The Hall–Kier alpha value is -2.95. The first-order valence-corrected chi connectivity index (χ1v) is 8.72. The first-order valence-electron chi connectivity index (χ1n) is 8.72. The molecule has 1 saturated heterocycles. The van der Waals surface area contributed by atoms with Crippen LogP contribution >= 0.6 is 0 Å². The lowest BCUT2D eigenvalue weighted by molar-refractivity contribution is -0.137. The van der Waals surface area contributed by atoms with Crippen LogP contribution in [0.4, 0.5) is 5.69 Å². The third kappa shape index (κ3) is 2.20. The lowest BCUT2D eigenvalue weighted by Gasteiger charge is -2.40. The van der Waals surface area contributed by atoms with Crippen LogP contribution in [0.2, 0.25) is 0 Å². The first kappa shape index (κ1) is 16.5. The Kier molecular flexibility index (Phi) is 3.68. The number of fused-ring (bicyclic) bond motifs is 3. The molecule has 2 aromatic rings. The average Bonchev–Trinajstić information content (AvgIpc) is 2.87. The van der Waals surface area contributed by atoms with Crippen molar-refractivity contribution in [2.75, 3.05) is 11.9 Å². The van der Waals surface area contributed by atoms with Gasteiger partial charge in [-0.3, -0.25) is 19.3 Å². The van der Waals surface area contributed by atoms with Gasteiger partial charge in [-0.1, -0.05) is 35.9 Å². The predicted molar refractivity (Wildman–Crippen MR) is 97.9 cm³/mol. The number of nitrogens with zero attached hydrogens (tertiary/aromatic N) is 2. The summed E-state index contributed by atoms with van der Waals surface area (Å²) in [7, 11) is 1.52. The molecule has 3 unspecified atom stereocenters. The summed E-state index contributed by atoms with van der Waals surface area (Å²) in [5, 5.41) is 0. The topological polar surface area (TPSA) is 57.7 Å². The zero-order valence-corrected chi connectivity index (χ0v) is 15.0. The van der Waals surface area contributed by atoms with Crippen LogP contribution in [0.3, 0.4) is 0 Å². The summed E-state index contributed by atoms with van der Waals surface area (Å²) in [6, 6.07) is 14.4. The molecule has 1 fully saturated rings. The van der Waals surface area contributed by atoms with Crippen LogP contribution in [0, 0.1) is 12.8 Å². The molecule has 2 aromatic carbocycles. The normalized spacial score (nSPS) is 24.5. The SMILES string of the molecule is Cc1ccc2c(c1)C1C(=O)N(C)C(=O)C1C(C)N2C(=O)c1ccccc1. The van der Waals surface area contributed by atoms with E-state index in [1.807, 2.05) is 50.2 Å². The molecule has 5 nitrogen and oxygen atoms in total. The average molecular weight is 348 g/mol. The van der Waals surface area contributed by atoms with Gasteiger partial charge in [0.15, 0.2) is 0 Å². The fourth-order valence-corrected chi connectivity index (χ4v) is 4.18. The maximum atomic E-state index is 13.2. The molecule has 0 saturated carbocycles. The third-order valence-electron chi connectivity index (χ3n) is 5.52. The van der Waals surface area contributed by atoms with E-state index in [1.165, 1.54) is 11.9 Å². The number of likely N-dealkylation sites (tertiary alicyclic amines) is 1. The minimum atomic E-state index is -0.547. The minimum absolute atomic E-state index is 0.156. The van der Waals surface area contributed by atoms with Gasteiger partial charge in [-0.2, -0.15) is 0 Å². The lowest BCUT2D eigenvalue weighted by Crippen LogP contribution is -2.50. The molecule has 0 spiro atoms. The Balaban J connectivity index is 1.90. The standard InChI is InChI=1S/C21H20N2O3/c1-12-9-10-16-15(11-12)18-17(20(25)22(3)21(18)26)13(2)23(16)19(24)14-7-5-4-6-8-14/h4-11,13,17-18H,1-3H3. The molecule has 3 amide bonds. The zero-order chi connectivity index (χ0) is 18.6. The molecule has 26 heavy (non-hydrogen) atoms. The molecular formula is C21H20N2O3. The summed E-state index contributed by atoms with van der Waals surface area (Å²) in [4.78, 5) is 41.6. The minimum Gasteiger partial charge on any atom is -0.304 e. The molecule has 2 heterocycles. The van der Waals surface area contributed by atoms with Crippen molar-refractivity contribution in [1.29, 1.82) is 0 Å². The number of likely N-dealkylation sites (N-methyl/N-ethyl adjacent to an activating group) is 1. The fourth-order valence-electron chi connectivity index (χ4n) is 4.18. The van der Waals surface area contributed by atoms with Crippen molar-refractivity contribution < 1.29 is 14.4 Å². The molecule has 2 aliphatic heterocycles. The molecule has 0 aromatic heterocycles. The van der Waals surface area contributed by atoms with E-state index >= 15 is 0 Å². The van der Waals surface area contributed by atoms with E-state index in [2.05, 4.69) is 0 Å². The van der Waals surface area contributed by atoms with Crippen molar-refractivity contribution in [3.8, 4) is 0 Å². The monoisotopic (exact) mass is 348 g/mol. The number of aryl methyl sites for hydroxylation is 1. The maximum absolute atomic E-state index is 13.2. The number of benzene rings is 2. The zero-order valence-electron chi connectivity index (χ0n) is 15.0. The summed E-state index contributed by atoms with van der Waals surface area (Å²) in [5.41, 5.74) is 3.04. The molecule has 0 N–H and O–H groups in total. The van der Waals surface area contributed by atoms with Crippen molar-refractivity contribution in [1.82, 2.24) is 4.90 Å². The van der Waals surface area contributed by atoms with Gasteiger partial charge in [0.05, 0.1) is 11.8 Å². The quantitative estimate of drug-likeness (QED) is 0.745. The van der Waals surface area contributed by atoms with Gasteiger partial charge in [0.1, 0.15) is 0 Å². The number of imide groups is 1. The number of hydrogen-bond acceptors (Lipinski definition) is 3. The second kappa shape index (κ2) is 5.80. The van der Waals surface area contributed by atoms with E-state index in [0.29, 0.717) is 5.56 Å². The van der Waals surface area contributed by atoms with Crippen LogP contribution < -0.4 is 4.90 Å². The van der Waals surface area contributed by atoms with E-state index in [-0.39, 0.29) is 17.7 Å². The molecule has 0 bridgehead atoms. The highest BCUT2D eigenvalue weighted by molar-refractivity contribution is 6.13. The Morgan fingerprint density at radius 3 is 2.38 bits per heavy atom. The molecule has 5 heteroatoms. The molecule has 132 valence electrons. The van der Waals surface area contributed by atoms with Crippen LogP contribution in [-0.4, -0.2) is 35.7 Å². The number of rotatable bonds is 1. The summed E-state index contributed by atoms with van der Waals surface area (Å²) < 4.78 is 0. The van der Waals surface area contributed by atoms with Gasteiger partial charge in [-0.15, -0.1) is 0 Å². The summed E-state index contributed by atoms with van der Waals surface area (Å²) >= 11 is 0. The van der Waals surface area contributed by atoms with Gasteiger partial charge in [0.2, 0.25) is 11.8 Å². The van der Waals surface area contributed by atoms with E-state index in [1.54, 1.807) is 17.0 Å². The first-order chi connectivity index (χ1) is 12.4. The van der Waals surface area contributed by atoms with Crippen LogP contribution in [0.15, 0.2) is 48.5 Å². The van der Waals surface area contributed by atoms with Gasteiger partial charge in [-0.25, -0.2) is 0 Å². The molecule has 4 rings (SSSR count).